The molecule has 1 saturated carbocycles. The van der Waals surface area contributed by atoms with E-state index >= 15 is 0 Å². The average Bonchev–Trinajstić information content (AvgIpc) is 2.80. The lowest BCUT2D eigenvalue weighted by molar-refractivity contribution is -0.139. The van der Waals surface area contributed by atoms with E-state index in [9.17, 15) is 9.59 Å². The fourth-order valence-corrected chi connectivity index (χ4v) is 5.40. The quantitative estimate of drug-likeness (QED) is 0.667. The summed E-state index contributed by atoms with van der Waals surface area (Å²) in [5.41, 5.74) is 3.38. The molecule has 174 valence electrons. The minimum Gasteiger partial charge on any atom is -0.342 e. The van der Waals surface area contributed by atoms with Gasteiger partial charge in [-0.15, -0.1) is 0 Å². The van der Waals surface area contributed by atoms with Crippen molar-refractivity contribution in [2.75, 3.05) is 24.5 Å². The average molecular weight is 447 g/mol. The summed E-state index contributed by atoms with van der Waals surface area (Å²) in [5, 5.41) is 0. The number of aromatic nitrogens is 2. The molecule has 3 heterocycles. The molecule has 0 radical (unpaired) electrons. The van der Waals surface area contributed by atoms with Crippen molar-refractivity contribution in [3.63, 3.8) is 0 Å². The van der Waals surface area contributed by atoms with E-state index in [1.165, 1.54) is 12.0 Å². The molecule has 1 saturated heterocycles. The molecule has 0 unspecified atom stereocenters. The smallest absolute Gasteiger partial charge is 0.228 e. The van der Waals surface area contributed by atoms with Crippen molar-refractivity contribution in [1.29, 1.82) is 0 Å². The van der Waals surface area contributed by atoms with Crippen molar-refractivity contribution >= 4 is 17.6 Å². The number of piperidine rings is 1. The number of carbonyl (C=O) groups is 2. The highest BCUT2D eigenvalue weighted by atomic mass is 16.2. The summed E-state index contributed by atoms with van der Waals surface area (Å²) in [6.07, 6.45) is 8.31. The van der Waals surface area contributed by atoms with Gasteiger partial charge in [0.25, 0.3) is 0 Å². The molecule has 5 rings (SSSR count). The number of likely N-dealkylation sites (tertiary alicyclic amines) is 1. The van der Waals surface area contributed by atoms with Crippen LogP contribution >= 0.6 is 0 Å². The Morgan fingerprint density at radius 1 is 1.06 bits per heavy atom. The van der Waals surface area contributed by atoms with Crippen LogP contribution in [0.15, 0.2) is 30.3 Å². The molecule has 1 aliphatic carbocycles. The Hall–Kier alpha value is -2.76. The monoisotopic (exact) mass is 446 g/mol. The zero-order valence-electron chi connectivity index (χ0n) is 19.6. The second kappa shape index (κ2) is 9.62. The molecule has 2 amide bonds. The molecule has 6 nitrogen and oxygen atoms in total. The van der Waals surface area contributed by atoms with E-state index in [0.717, 1.165) is 68.0 Å². The number of hydrogen-bond donors (Lipinski definition) is 0. The number of aryl methyl sites for hydroxylation is 2. The molecule has 33 heavy (non-hydrogen) atoms. The van der Waals surface area contributed by atoms with Crippen LogP contribution in [0.25, 0.3) is 0 Å². The third-order valence-corrected chi connectivity index (χ3v) is 7.60. The Bertz CT molecular complexity index is 1020. The van der Waals surface area contributed by atoms with E-state index in [1.54, 1.807) is 0 Å². The van der Waals surface area contributed by atoms with Gasteiger partial charge in [0.2, 0.25) is 11.8 Å². The van der Waals surface area contributed by atoms with Crippen molar-refractivity contribution < 1.29 is 9.59 Å². The Kier molecular flexibility index (Phi) is 6.43. The molecule has 0 bridgehead atoms. The summed E-state index contributed by atoms with van der Waals surface area (Å²) in [7, 11) is 0. The molecule has 0 spiro atoms. The van der Waals surface area contributed by atoms with Crippen molar-refractivity contribution in [3.05, 3.63) is 53.0 Å². The van der Waals surface area contributed by atoms with E-state index in [-0.39, 0.29) is 17.7 Å². The molecule has 1 aromatic heterocycles. The van der Waals surface area contributed by atoms with Gasteiger partial charge in [-0.05, 0) is 57.4 Å². The van der Waals surface area contributed by atoms with Gasteiger partial charge in [0.1, 0.15) is 11.6 Å². The van der Waals surface area contributed by atoms with Crippen LogP contribution in [0, 0.1) is 12.8 Å². The summed E-state index contributed by atoms with van der Waals surface area (Å²) < 4.78 is 0. The number of fused-ring (bicyclic) bond motifs is 1. The first kappa shape index (κ1) is 22.1. The predicted octanol–water partition coefficient (Wildman–Crippen LogP) is 4.20. The van der Waals surface area contributed by atoms with Crippen LogP contribution in [-0.4, -0.2) is 46.3 Å². The first-order valence-corrected chi connectivity index (χ1v) is 12.6. The van der Waals surface area contributed by atoms with E-state index in [2.05, 4.69) is 24.3 Å². The highest BCUT2D eigenvalue weighted by molar-refractivity contribution is 5.95. The highest BCUT2D eigenvalue weighted by Gasteiger charge is 2.34. The number of amides is 2. The van der Waals surface area contributed by atoms with Gasteiger partial charge >= 0.3 is 0 Å². The van der Waals surface area contributed by atoms with Gasteiger partial charge < -0.3 is 4.90 Å². The number of benzene rings is 1. The normalized spacial score (nSPS) is 21.0. The summed E-state index contributed by atoms with van der Waals surface area (Å²) in [6.45, 7) is 4.27. The van der Waals surface area contributed by atoms with E-state index < -0.39 is 0 Å². The molecule has 3 aliphatic rings. The Morgan fingerprint density at radius 3 is 2.64 bits per heavy atom. The standard InChI is InChI=1S/C27H34N4O2/c1-19-23-14-15-24(32)31(17-6-10-20-8-3-2-4-9-20)26(23)29-25(28-19)22-13-7-16-30(18-22)27(33)21-11-5-12-21/h2-4,8-9,21-22H,5-7,10-18H2,1H3/t22-/m0/s1. The minimum atomic E-state index is 0.148. The van der Waals surface area contributed by atoms with Crippen LogP contribution in [0.1, 0.15) is 73.5 Å². The van der Waals surface area contributed by atoms with Crippen LogP contribution in [0.4, 0.5) is 5.82 Å². The molecular weight excluding hydrogens is 412 g/mol. The summed E-state index contributed by atoms with van der Waals surface area (Å²) in [6, 6.07) is 10.4. The van der Waals surface area contributed by atoms with Gasteiger partial charge in [0, 0.05) is 49.1 Å². The second-order valence-corrected chi connectivity index (χ2v) is 9.86. The van der Waals surface area contributed by atoms with E-state index in [1.807, 2.05) is 22.8 Å². The third-order valence-electron chi connectivity index (χ3n) is 7.60. The number of hydrogen-bond acceptors (Lipinski definition) is 4. The lowest BCUT2D eigenvalue weighted by Gasteiger charge is -2.37. The fourth-order valence-electron chi connectivity index (χ4n) is 5.40. The number of nitrogens with zero attached hydrogens (tertiary/aromatic N) is 4. The maximum absolute atomic E-state index is 12.9. The fraction of sp³-hybridized carbons (Fsp3) is 0.556. The molecule has 1 aromatic carbocycles. The Balaban J connectivity index is 1.33. The number of rotatable bonds is 6. The van der Waals surface area contributed by atoms with Crippen LogP contribution in [0.2, 0.25) is 0 Å². The largest absolute Gasteiger partial charge is 0.342 e. The van der Waals surface area contributed by atoms with Gasteiger partial charge in [-0.25, -0.2) is 9.97 Å². The number of anilines is 1. The molecule has 0 N–H and O–H groups in total. The van der Waals surface area contributed by atoms with Crippen LogP contribution in [0.3, 0.4) is 0 Å². The van der Waals surface area contributed by atoms with Crippen LogP contribution < -0.4 is 4.90 Å². The summed E-state index contributed by atoms with van der Waals surface area (Å²) in [4.78, 5) is 39.5. The maximum Gasteiger partial charge on any atom is 0.228 e. The zero-order valence-corrected chi connectivity index (χ0v) is 19.6. The first-order chi connectivity index (χ1) is 16.1. The summed E-state index contributed by atoms with van der Waals surface area (Å²) >= 11 is 0. The van der Waals surface area contributed by atoms with Gasteiger partial charge in [0.05, 0.1) is 0 Å². The molecule has 2 fully saturated rings. The molecule has 1 atom stereocenters. The van der Waals surface area contributed by atoms with Crippen molar-refractivity contribution in [2.45, 2.75) is 70.6 Å². The molecule has 2 aromatic rings. The van der Waals surface area contributed by atoms with Crippen LogP contribution in [0.5, 0.6) is 0 Å². The lowest BCUT2D eigenvalue weighted by Crippen LogP contribution is -2.44. The molecule has 6 heteroatoms. The van der Waals surface area contributed by atoms with Gasteiger partial charge in [-0.1, -0.05) is 36.8 Å². The van der Waals surface area contributed by atoms with Crippen molar-refractivity contribution in [2.24, 2.45) is 5.92 Å². The summed E-state index contributed by atoms with van der Waals surface area (Å²) in [5.74, 6) is 2.47. The van der Waals surface area contributed by atoms with Gasteiger partial charge in [-0.3, -0.25) is 14.5 Å². The van der Waals surface area contributed by atoms with Gasteiger partial charge in [0.15, 0.2) is 0 Å². The van der Waals surface area contributed by atoms with E-state index in [4.69, 9.17) is 9.97 Å². The Morgan fingerprint density at radius 2 is 1.88 bits per heavy atom. The van der Waals surface area contributed by atoms with E-state index in [0.29, 0.717) is 31.8 Å². The SMILES string of the molecule is Cc1nc([C@H]2CCCN(C(=O)C3CCC3)C2)nc2c1CCC(=O)N2CCCc1ccccc1. The van der Waals surface area contributed by atoms with Crippen LogP contribution in [-0.2, 0) is 22.4 Å². The highest BCUT2D eigenvalue weighted by Crippen LogP contribution is 2.34. The third kappa shape index (κ3) is 4.66. The maximum atomic E-state index is 12.9. The Labute approximate surface area is 196 Å². The molecule has 2 aliphatic heterocycles. The first-order valence-electron chi connectivity index (χ1n) is 12.6. The molecular formula is C27H34N4O2. The number of carbonyl (C=O) groups excluding carboxylic acids is 2. The van der Waals surface area contributed by atoms with Crippen molar-refractivity contribution in [3.8, 4) is 0 Å². The lowest BCUT2D eigenvalue weighted by atomic mass is 9.83. The second-order valence-electron chi connectivity index (χ2n) is 9.86. The topological polar surface area (TPSA) is 66.4 Å². The zero-order chi connectivity index (χ0) is 22.8. The predicted molar refractivity (Wildman–Crippen MR) is 128 cm³/mol. The minimum absolute atomic E-state index is 0.148. The van der Waals surface area contributed by atoms with Gasteiger partial charge in [-0.2, -0.15) is 0 Å². The van der Waals surface area contributed by atoms with Crippen molar-refractivity contribution in [1.82, 2.24) is 14.9 Å².